The van der Waals surface area contributed by atoms with E-state index in [4.69, 9.17) is 4.74 Å². The Morgan fingerprint density at radius 1 is 1.14 bits per heavy atom. The molecular weight excluding hydrogens is 384 g/mol. The second kappa shape index (κ2) is 10.5. The maximum atomic E-state index is 5.18. The number of aromatic amines is 1. The third-order valence-corrected chi connectivity index (χ3v) is 5.28. The molecule has 0 saturated heterocycles. The van der Waals surface area contributed by atoms with Crippen LogP contribution in [0.25, 0.3) is 11.4 Å². The molecule has 8 heteroatoms. The van der Waals surface area contributed by atoms with Crippen molar-refractivity contribution in [2.45, 2.75) is 23.6 Å². The van der Waals surface area contributed by atoms with Gasteiger partial charge in [0.25, 0.3) is 0 Å². The van der Waals surface area contributed by atoms with Gasteiger partial charge in [0.05, 0.1) is 13.7 Å². The van der Waals surface area contributed by atoms with Crippen LogP contribution in [0.2, 0.25) is 0 Å². The first-order chi connectivity index (χ1) is 14.2. The van der Waals surface area contributed by atoms with Crippen molar-refractivity contribution in [3.63, 3.8) is 0 Å². The van der Waals surface area contributed by atoms with E-state index in [-0.39, 0.29) is 0 Å². The fourth-order valence-electron chi connectivity index (χ4n) is 2.65. The van der Waals surface area contributed by atoms with Gasteiger partial charge in [-0.25, -0.2) is 4.98 Å². The average Bonchev–Trinajstić information content (AvgIpc) is 3.23. The fraction of sp³-hybridized carbons (Fsp3) is 0.286. The number of rotatable bonds is 8. The van der Waals surface area contributed by atoms with Gasteiger partial charge in [-0.2, -0.15) is 5.10 Å². The van der Waals surface area contributed by atoms with Crippen LogP contribution in [0.15, 0.2) is 64.5 Å². The molecule has 0 aliphatic rings. The van der Waals surface area contributed by atoms with E-state index in [1.807, 2.05) is 42.1 Å². The van der Waals surface area contributed by atoms with Crippen LogP contribution in [0, 0.1) is 0 Å². The highest BCUT2D eigenvalue weighted by Gasteiger charge is 2.09. The molecule has 2 aromatic carbocycles. The van der Waals surface area contributed by atoms with E-state index in [0.717, 1.165) is 29.6 Å². The molecule has 1 atom stereocenters. The molecule has 0 saturated carbocycles. The Balaban J connectivity index is 1.47. The summed E-state index contributed by atoms with van der Waals surface area (Å²) in [5.41, 5.74) is 0.933. The van der Waals surface area contributed by atoms with Crippen LogP contribution < -0.4 is 15.4 Å². The van der Waals surface area contributed by atoms with Crippen molar-refractivity contribution in [3.05, 3.63) is 60.4 Å². The summed E-state index contributed by atoms with van der Waals surface area (Å²) in [7, 11) is 3.40. The molecule has 0 aliphatic carbocycles. The van der Waals surface area contributed by atoms with Crippen LogP contribution >= 0.6 is 11.8 Å². The van der Waals surface area contributed by atoms with Gasteiger partial charge in [-0.05, 0) is 36.4 Å². The number of aliphatic imine (C=N–C) groups is 1. The van der Waals surface area contributed by atoms with E-state index < -0.39 is 0 Å². The van der Waals surface area contributed by atoms with Crippen molar-refractivity contribution < 1.29 is 4.74 Å². The molecule has 152 valence electrons. The number of hydrogen-bond donors (Lipinski definition) is 3. The third kappa shape index (κ3) is 6.25. The standard InChI is InChI=1S/C21H26N6OS/c1-15(29-18-7-5-4-6-8-18)13-23-21(22-2)24-14-19-25-20(27-26-19)16-9-11-17(28-3)12-10-16/h4-12,15H,13-14H2,1-3H3,(H2,22,23,24)(H,25,26,27). The maximum Gasteiger partial charge on any atom is 0.191 e. The van der Waals surface area contributed by atoms with Crippen LogP contribution in [-0.4, -0.2) is 47.1 Å². The van der Waals surface area contributed by atoms with E-state index in [1.54, 1.807) is 14.2 Å². The number of benzene rings is 2. The molecule has 0 amide bonds. The molecular formula is C21H26N6OS. The Morgan fingerprint density at radius 2 is 1.90 bits per heavy atom. The first-order valence-corrected chi connectivity index (χ1v) is 10.3. The molecule has 3 aromatic rings. The minimum Gasteiger partial charge on any atom is -0.497 e. The lowest BCUT2D eigenvalue weighted by molar-refractivity contribution is 0.415. The Hall–Kier alpha value is -3.00. The number of guanidine groups is 1. The molecule has 1 unspecified atom stereocenters. The van der Waals surface area contributed by atoms with Gasteiger partial charge in [-0.1, -0.05) is 25.1 Å². The summed E-state index contributed by atoms with van der Waals surface area (Å²) in [6.07, 6.45) is 0. The fourth-order valence-corrected chi connectivity index (χ4v) is 3.59. The normalized spacial score (nSPS) is 12.4. The number of methoxy groups -OCH3 is 1. The summed E-state index contributed by atoms with van der Waals surface area (Å²) in [5.74, 6) is 2.93. The molecule has 3 N–H and O–H groups in total. The van der Waals surface area contributed by atoms with Crippen molar-refractivity contribution in [1.82, 2.24) is 25.8 Å². The predicted octanol–water partition coefficient (Wildman–Crippen LogP) is 3.33. The number of aromatic nitrogens is 3. The molecule has 7 nitrogen and oxygen atoms in total. The maximum absolute atomic E-state index is 5.18. The predicted molar refractivity (Wildman–Crippen MR) is 118 cm³/mol. The monoisotopic (exact) mass is 410 g/mol. The lowest BCUT2D eigenvalue weighted by Crippen LogP contribution is -2.39. The van der Waals surface area contributed by atoms with Crippen LogP contribution in [-0.2, 0) is 6.54 Å². The van der Waals surface area contributed by atoms with Gasteiger partial charge in [0.2, 0.25) is 0 Å². The second-order valence-corrected chi connectivity index (χ2v) is 7.89. The van der Waals surface area contributed by atoms with Crippen LogP contribution in [0.4, 0.5) is 0 Å². The topological polar surface area (TPSA) is 87.2 Å². The Kier molecular flexibility index (Phi) is 7.52. The highest BCUT2D eigenvalue weighted by molar-refractivity contribution is 8.00. The lowest BCUT2D eigenvalue weighted by Gasteiger charge is -2.15. The van der Waals surface area contributed by atoms with Crippen molar-refractivity contribution in [3.8, 4) is 17.1 Å². The van der Waals surface area contributed by atoms with E-state index in [0.29, 0.717) is 17.6 Å². The zero-order valence-electron chi connectivity index (χ0n) is 16.8. The first-order valence-electron chi connectivity index (χ1n) is 9.40. The van der Waals surface area contributed by atoms with Crippen LogP contribution in [0.1, 0.15) is 12.7 Å². The summed E-state index contributed by atoms with van der Waals surface area (Å²) >= 11 is 1.83. The summed E-state index contributed by atoms with van der Waals surface area (Å²) in [5, 5.41) is 14.3. The number of hydrogen-bond acceptors (Lipinski definition) is 5. The highest BCUT2D eigenvalue weighted by atomic mass is 32.2. The summed E-state index contributed by atoms with van der Waals surface area (Å²) in [4.78, 5) is 10.1. The molecule has 1 aromatic heterocycles. The number of thioether (sulfide) groups is 1. The molecule has 29 heavy (non-hydrogen) atoms. The molecule has 1 heterocycles. The first kappa shape index (κ1) is 20.7. The second-order valence-electron chi connectivity index (χ2n) is 6.38. The molecule has 0 spiro atoms. The Bertz CT molecular complexity index is 910. The molecule has 0 bridgehead atoms. The highest BCUT2D eigenvalue weighted by Crippen LogP contribution is 2.22. The van der Waals surface area contributed by atoms with Crippen molar-refractivity contribution in [1.29, 1.82) is 0 Å². The van der Waals surface area contributed by atoms with E-state index in [2.05, 4.69) is 62.0 Å². The van der Waals surface area contributed by atoms with Gasteiger partial charge in [0.15, 0.2) is 11.8 Å². The van der Waals surface area contributed by atoms with Crippen molar-refractivity contribution in [2.75, 3.05) is 20.7 Å². The van der Waals surface area contributed by atoms with Gasteiger partial charge in [0.1, 0.15) is 11.6 Å². The Morgan fingerprint density at radius 3 is 2.59 bits per heavy atom. The number of H-pyrrole nitrogens is 1. The van der Waals surface area contributed by atoms with Crippen LogP contribution in [0.3, 0.4) is 0 Å². The minimum absolute atomic E-state index is 0.405. The quantitative estimate of drug-likeness (QED) is 0.300. The Labute approximate surface area is 175 Å². The number of ether oxygens (including phenoxy) is 1. The zero-order valence-corrected chi connectivity index (χ0v) is 17.7. The van der Waals surface area contributed by atoms with E-state index >= 15 is 0 Å². The zero-order chi connectivity index (χ0) is 20.5. The van der Waals surface area contributed by atoms with Gasteiger partial charge < -0.3 is 15.4 Å². The van der Waals surface area contributed by atoms with Crippen LogP contribution in [0.5, 0.6) is 5.75 Å². The van der Waals surface area contributed by atoms with Gasteiger partial charge >= 0.3 is 0 Å². The molecule has 0 radical (unpaired) electrons. The largest absolute Gasteiger partial charge is 0.497 e. The van der Waals surface area contributed by atoms with E-state index in [1.165, 1.54) is 4.90 Å². The number of nitrogens with zero attached hydrogens (tertiary/aromatic N) is 3. The van der Waals surface area contributed by atoms with Gasteiger partial charge in [-0.3, -0.25) is 10.1 Å². The summed E-state index contributed by atoms with van der Waals surface area (Å²) in [6, 6.07) is 18.0. The summed E-state index contributed by atoms with van der Waals surface area (Å²) in [6.45, 7) is 3.49. The molecule has 3 rings (SSSR count). The van der Waals surface area contributed by atoms with Gasteiger partial charge in [-0.15, -0.1) is 11.8 Å². The smallest absolute Gasteiger partial charge is 0.191 e. The SMILES string of the molecule is CN=C(NCc1nc(-c2ccc(OC)cc2)n[nH]1)NCC(C)Sc1ccccc1. The van der Waals surface area contributed by atoms with Crippen molar-refractivity contribution in [2.24, 2.45) is 4.99 Å². The summed E-state index contributed by atoms with van der Waals surface area (Å²) < 4.78 is 5.18. The lowest BCUT2D eigenvalue weighted by atomic mass is 10.2. The molecule has 0 aliphatic heterocycles. The third-order valence-electron chi connectivity index (χ3n) is 4.16. The van der Waals surface area contributed by atoms with Crippen molar-refractivity contribution >= 4 is 17.7 Å². The molecule has 0 fully saturated rings. The van der Waals surface area contributed by atoms with Gasteiger partial charge in [0, 0.05) is 29.3 Å². The van der Waals surface area contributed by atoms with E-state index in [9.17, 15) is 0 Å². The minimum atomic E-state index is 0.405. The average molecular weight is 411 g/mol. The number of nitrogens with one attached hydrogen (secondary N) is 3.